The van der Waals surface area contributed by atoms with E-state index < -0.39 is 0 Å². The average molecular weight is 299 g/mol. The van der Waals surface area contributed by atoms with E-state index in [9.17, 15) is 4.79 Å². The number of ether oxygens (including phenoxy) is 1. The molecular formula is C9H18INO2. The van der Waals surface area contributed by atoms with Crippen molar-refractivity contribution in [2.75, 3.05) is 24.1 Å². The van der Waals surface area contributed by atoms with Gasteiger partial charge in [-0.3, -0.25) is 0 Å². The van der Waals surface area contributed by atoms with Gasteiger partial charge in [0.1, 0.15) is 0 Å². The standard InChI is InChI=1S/C7H12INO2.C2H6/c1-2-11-7(10)9-4-6(3-8)5-9;1-2/h6H,2-5H2,1H3;1-2H3. The Balaban J connectivity index is 0.000000671. The van der Waals surface area contributed by atoms with Crippen molar-refractivity contribution < 1.29 is 9.53 Å². The van der Waals surface area contributed by atoms with Gasteiger partial charge >= 0.3 is 6.09 Å². The van der Waals surface area contributed by atoms with Gasteiger partial charge in [-0.25, -0.2) is 4.79 Å². The molecule has 0 aromatic rings. The van der Waals surface area contributed by atoms with Gasteiger partial charge in [-0.05, 0) is 6.92 Å². The maximum Gasteiger partial charge on any atom is 0.409 e. The lowest BCUT2D eigenvalue weighted by molar-refractivity contribution is 0.0640. The van der Waals surface area contributed by atoms with Crippen molar-refractivity contribution in [2.24, 2.45) is 5.92 Å². The molecule has 1 fully saturated rings. The fourth-order valence-electron chi connectivity index (χ4n) is 1.03. The normalized spacial score (nSPS) is 15.5. The van der Waals surface area contributed by atoms with Gasteiger partial charge in [0.05, 0.1) is 6.61 Å². The first-order valence-corrected chi connectivity index (χ1v) is 6.28. The third kappa shape index (κ3) is 4.15. The molecule has 1 amide bonds. The molecule has 1 heterocycles. The Morgan fingerprint density at radius 3 is 2.46 bits per heavy atom. The minimum atomic E-state index is -0.159. The summed E-state index contributed by atoms with van der Waals surface area (Å²) in [5, 5.41) is 0. The molecule has 1 aliphatic heterocycles. The van der Waals surface area contributed by atoms with Crippen molar-refractivity contribution in [2.45, 2.75) is 20.8 Å². The molecule has 0 atom stereocenters. The SMILES string of the molecule is CC.CCOC(=O)N1CC(CI)C1. The minimum absolute atomic E-state index is 0.159. The predicted molar refractivity (Wildman–Crippen MR) is 62.3 cm³/mol. The van der Waals surface area contributed by atoms with E-state index in [1.54, 1.807) is 4.90 Å². The van der Waals surface area contributed by atoms with E-state index in [4.69, 9.17) is 4.74 Å². The Hall–Kier alpha value is 0. The predicted octanol–water partition coefficient (Wildman–Crippen LogP) is 2.54. The van der Waals surface area contributed by atoms with Crippen molar-refractivity contribution in [3.05, 3.63) is 0 Å². The second-order valence-electron chi connectivity index (χ2n) is 2.62. The number of carbonyl (C=O) groups is 1. The molecule has 1 aliphatic rings. The van der Waals surface area contributed by atoms with Gasteiger partial charge in [0, 0.05) is 23.4 Å². The monoisotopic (exact) mass is 299 g/mol. The van der Waals surface area contributed by atoms with Gasteiger partial charge < -0.3 is 9.64 Å². The molecule has 0 N–H and O–H groups in total. The summed E-state index contributed by atoms with van der Waals surface area (Å²) in [6.07, 6.45) is -0.159. The molecule has 3 nitrogen and oxygen atoms in total. The van der Waals surface area contributed by atoms with Crippen LogP contribution in [0.15, 0.2) is 0 Å². The summed E-state index contributed by atoms with van der Waals surface area (Å²) in [7, 11) is 0. The van der Waals surface area contributed by atoms with E-state index in [1.165, 1.54) is 0 Å². The quantitative estimate of drug-likeness (QED) is 0.579. The summed E-state index contributed by atoms with van der Waals surface area (Å²) in [5.74, 6) is 0.694. The Kier molecular flexibility index (Phi) is 7.41. The summed E-state index contributed by atoms with van der Waals surface area (Å²) in [5.41, 5.74) is 0. The number of likely N-dealkylation sites (tertiary alicyclic amines) is 1. The Morgan fingerprint density at radius 1 is 1.54 bits per heavy atom. The minimum Gasteiger partial charge on any atom is -0.450 e. The number of amides is 1. The highest BCUT2D eigenvalue weighted by atomic mass is 127. The summed E-state index contributed by atoms with van der Waals surface area (Å²) < 4.78 is 5.96. The molecule has 0 unspecified atom stereocenters. The number of nitrogens with zero attached hydrogens (tertiary/aromatic N) is 1. The molecule has 0 radical (unpaired) electrons. The molecule has 13 heavy (non-hydrogen) atoms. The van der Waals surface area contributed by atoms with Gasteiger partial charge in [0.25, 0.3) is 0 Å². The molecular weight excluding hydrogens is 281 g/mol. The van der Waals surface area contributed by atoms with Crippen LogP contribution in [0.3, 0.4) is 0 Å². The van der Waals surface area contributed by atoms with E-state index >= 15 is 0 Å². The van der Waals surface area contributed by atoms with Crippen molar-refractivity contribution in [3.63, 3.8) is 0 Å². The fourth-order valence-corrected chi connectivity index (χ4v) is 1.59. The smallest absolute Gasteiger partial charge is 0.409 e. The second-order valence-corrected chi connectivity index (χ2v) is 3.51. The molecule has 4 heteroatoms. The largest absolute Gasteiger partial charge is 0.450 e. The highest BCUT2D eigenvalue weighted by Gasteiger charge is 2.30. The van der Waals surface area contributed by atoms with Crippen LogP contribution in [-0.2, 0) is 4.74 Å². The number of rotatable bonds is 2. The number of hydrogen-bond donors (Lipinski definition) is 0. The zero-order valence-electron chi connectivity index (χ0n) is 8.55. The van der Waals surface area contributed by atoms with Gasteiger partial charge in [0.2, 0.25) is 0 Å². The third-order valence-corrected chi connectivity index (χ3v) is 2.95. The van der Waals surface area contributed by atoms with Gasteiger partial charge in [-0.15, -0.1) is 0 Å². The van der Waals surface area contributed by atoms with Gasteiger partial charge in [0.15, 0.2) is 0 Å². The molecule has 1 saturated heterocycles. The molecule has 1 rings (SSSR count). The first kappa shape index (κ1) is 13.0. The maximum absolute atomic E-state index is 11.0. The Labute approximate surface area is 94.0 Å². The average Bonchev–Trinajstić information content (AvgIpc) is 2.07. The van der Waals surface area contributed by atoms with E-state index in [0.29, 0.717) is 12.5 Å². The van der Waals surface area contributed by atoms with Crippen LogP contribution in [0.4, 0.5) is 4.79 Å². The third-order valence-electron chi connectivity index (χ3n) is 1.70. The van der Waals surface area contributed by atoms with Crippen LogP contribution in [0, 0.1) is 5.92 Å². The van der Waals surface area contributed by atoms with E-state index in [-0.39, 0.29) is 6.09 Å². The Morgan fingerprint density at radius 2 is 2.08 bits per heavy atom. The van der Waals surface area contributed by atoms with Crippen molar-refractivity contribution in [1.82, 2.24) is 4.90 Å². The van der Waals surface area contributed by atoms with Gasteiger partial charge in [-0.1, -0.05) is 36.4 Å². The highest BCUT2D eigenvalue weighted by Crippen LogP contribution is 2.18. The molecule has 0 aromatic carbocycles. The Bertz CT molecular complexity index is 147. The van der Waals surface area contributed by atoms with Crippen molar-refractivity contribution >= 4 is 28.7 Å². The number of hydrogen-bond acceptors (Lipinski definition) is 2. The molecule has 0 spiro atoms. The van der Waals surface area contributed by atoms with Crippen LogP contribution in [0.2, 0.25) is 0 Å². The number of carbonyl (C=O) groups excluding carboxylic acids is 1. The highest BCUT2D eigenvalue weighted by molar-refractivity contribution is 14.1. The van der Waals surface area contributed by atoms with Crippen molar-refractivity contribution in [3.8, 4) is 0 Å². The van der Waals surface area contributed by atoms with E-state index in [1.807, 2.05) is 20.8 Å². The van der Waals surface area contributed by atoms with E-state index in [2.05, 4.69) is 22.6 Å². The lowest BCUT2D eigenvalue weighted by Crippen LogP contribution is -2.50. The van der Waals surface area contributed by atoms with E-state index in [0.717, 1.165) is 17.5 Å². The first-order valence-electron chi connectivity index (χ1n) is 4.75. The van der Waals surface area contributed by atoms with Crippen LogP contribution >= 0.6 is 22.6 Å². The molecule has 78 valence electrons. The van der Waals surface area contributed by atoms with Crippen LogP contribution in [0.25, 0.3) is 0 Å². The first-order chi connectivity index (χ1) is 6.27. The van der Waals surface area contributed by atoms with Crippen molar-refractivity contribution in [1.29, 1.82) is 0 Å². The van der Waals surface area contributed by atoms with Crippen LogP contribution < -0.4 is 0 Å². The fraction of sp³-hybridized carbons (Fsp3) is 0.889. The van der Waals surface area contributed by atoms with Crippen LogP contribution in [0.1, 0.15) is 20.8 Å². The van der Waals surface area contributed by atoms with Crippen LogP contribution in [-0.4, -0.2) is 35.1 Å². The summed E-state index contributed by atoms with van der Waals surface area (Å²) in [4.78, 5) is 12.7. The lowest BCUT2D eigenvalue weighted by Gasteiger charge is -2.37. The number of halogens is 1. The second kappa shape index (κ2) is 7.41. The zero-order chi connectivity index (χ0) is 10.3. The number of alkyl halides is 1. The molecule has 0 saturated carbocycles. The zero-order valence-corrected chi connectivity index (χ0v) is 10.7. The summed E-state index contributed by atoms with van der Waals surface area (Å²) in [6.45, 7) is 8.06. The van der Waals surface area contributed by atoms with Gasteiger partial charge in [-0.2, -0.15) is 0 Å². The summed E-state index contributed by atoms with van der Waals surface area (Å²) >= 11 is 2.34. The lowest BCUT2D eigenvalue weighted by atomic mass is 10.0. The maximum atomic E-state index is 11.0. The molecule has 0 aliphatic carbocycles. The molecule has 0 bridgehead atoms. The summed E-state index contributed by atoms with van der Waals surface area (Å²) in [6, 6.07) is 0. The topological polar surface area (TPSA) is 29.5 Å². The molecule has 0 aromatic heterocycles. The van der Waals surface area contributed by atoms with Crippen LogP contribution in [0.5, 0.6) is 0 Å².